The Kier molecular flexibility index (Phi) is 6.50. The van der Waals surface area contributed by atoms with Crippen LogP contribution in [0.1, 0.15) is 34.6 Å². The number of carbonyl (C=O) groups is 3. The molecule has 2 aliphatic rings. The first-order chi connectivity index (χ1) is 17.9. The molecule has 0 bridgehead atoms. The first kappa shape index (κ1) is 23.9. The third kappa shape index (κ3) is 5.10. The summed E-state index contributed by atoms with van der Waals surface area (Å²) in [5, 5.41) is 8.28. The molecule has 11 nitrogen and oxygen atoms in total. The molecule has 0 saturated carbocycles. The number of aromatic nitrogens is 1. The molecule has 2 aromatic carbocycles. The van der Waals surface area contributed by atoms with Gasteiger partial charge in [0.25, 0.3) is 11.8 Å². The number of hydrogen-bond acceptors (Lipinski definition) is 8. The molecular formula is C26H24N4O7. The van der Waals surface area contributed by atoms with E-state index in [4.69, 9.17) is 18.9 Å². The number of amides is 3. The van der Waals surface area contributed by atoms with E-state index in [2.05, 4.69) is 20.9 Å². The lowest BCUT2D eigenvalue weighted by molar-refractivity contribution is -0.118. The quantitative estimate of drug-likeness (QED) is 0.446. The van der Waals surface area contributed by atoms with Crippen LogP contribution in [0.4, 0.5) is 11.4 Å². The Labute approximate surface area is 212 Å². The molecule has 5 rings (SSSR count). The van der Waals surface area contributed by atoms with E-state index in [9.17, 15) is 14.4 Å². The summed E-state index contributed by atoms with van der Waals surface area (Å²) in [5.74, 6) is 0.421. The smallest absolute Gasteiger partial charge is 0.256 e. The Hall–Kier alpha value is -4.80. The summed E-state index contributed by atoms with van der Waals surface area (Å²) in [5.41, 5.74) is 1.10. The van der Waals surface area contributed by atoms with Crippen LogP contribution in [0.15, 0.2) is 54.9 Å². The van der Waals surface area contributed by atoms with Crippen molar-refractivity contribution in [2.24, 2.45) is 5.92 Å². The number of ether oxygens (including phenoxy) is 4. The summed E-state index contributed by atoms with van der Waals surface area (Å²) in [6.07, 6.45) is 2.70. The van der Waals surface area contributed by atoms with Crippen molar-refractivity contribution in [3.8, 4) is 23.0 Å². The third-order valence-corrected chi connectivity index (χ3v) is 5.82. The lowest BCUT2D eigenvalue weighted by Gasteiger charge is -2.22. The molecule has 3 N–H and O–H groups in total. The van der Waals surface area contributed by atoms with Crippen molar-refractivity contribution in [2.45, 2.75) is 19.9 Å². The predicted octanol–water partition coefficient (Wildman–Crippen LogP) is 3.18. The standard InChI is InChI=1S/C26H24N4O7/c1-14(2)23(26(33)29-16-4-6-20-22(10-16)37-13-35-20)30-25(32)18-11-27-8-7-17(18)24(31)28-15-3-5-19-21(9-15)36-12-34-19/h3-11,14,23H,12-13H2,1-2H3,(H,28,31)(H,29,33)(H,30,32). The summed E-state index contributed by atoms with van der Waals surface area (Å²) in [4.78, 5) is 43.3. The lowest BCUT2D eigenvalue weighted by atomic mass is 10.0. The SMILES string of the molecule is CC(C)C(NC(=O)c1cnccc1C(=O)Nc1ccc2c(c1)OCO2)C(=O)Nc1ccc2c(c1)OCO2. The van der Waals surface area contributed by atoms with Crippen molar-refractivity contribution in [3.05, 3.63) is 66.0 Å². The zero-order chi connectivity index (χ0) is 25.9. The summed E-state index contributed by atoms with van der Waals surface area (Å²) in [6, 6.07) is 10.6. The molecule has 1 unspecified atom stereocenters. The average Bonchev–Trinajstić information content (AvgIpc) is 3.55. The Bertz CT molecular complexity index is 1370. The van der Waals surface area contributed by atoms with E-state index in [0.717, 1.165) is 0 Å². The molecule has 2 aliphatic heterocycles. The van der Waals surface area contributed by atoms with Crippen molar-refractivity contribution in [3.63, 3.8) is 0 Å². The number of benzene rings is 2. The van der Waals surface area contributed by atoms with E-state index in [1.807, 2.05) is 0 Å². The Morgan fingerprint density at radius 1 is 0.757 bits per heavy atom. The molecular weight excluding hydrogens is 480 g/mol. The highest BCUT2D eigenvalue weighted by Crippen LogP contribution is 2.35. The first-order valence-corrected chi connectivity index (χ1v) is 11.6. The lowest BCUT2D eigenvalue weighted by Crippen LogP contribution is -2.47. The van der Waals surface area contributed by atoms with Crippen molar-refractivity contribution >= 4 is 29.1 Å². The molecule has 37 heavy (non-hydrogen) atoms. The van der Waals surface area contributed by atoms with Crippen LogP contribution in [0.25, 0.3) is 0 Å². The van der Waals surface area contributed by atoms with Crippen molar-refractivity contribution < 1.29 is 33.3 Å². The molecule has 11 heteroatoms. The fourth-order valence-corrected chi connectivity index (χ4v) is 3.89. The van der Waals surface area contributed by atoms with Crippen LogP contribution in [-0.2, 0) is 4.79 Å². The van der Waals surface area contributed by atoms with Gasteiger partial charge in [0.05, 0.1) is 11.1 Å². The van der Waals surface area contributed by atoms with Gasteiger partial charge < -0.3 is 34.9 Å². The number of nitrogens with zero attached hydrogens (tertiary/aromatic N) is 1. The van der Waals surface area contributed by atoms with Crippen LogP contribution in [0.3, 0.4) is 0 Å². The van der Waals surface area contributed by atoms with E-state index in [-0.39, 0.29) is 30.6 Å². The van der Waals surface area contributed by atoms with Crippen molar-refractivity contribution in [1.29, 1.82) is 0 Å². The van der Waals surface area contributed by atoms with E-state index in [1.165, 1.54) is 18.5 Å². The summed E-state index contributed by atoms with van der Waals surface area (Å²) < 4.78 is 21.3. The van der Waals surface area contributed by atoms with Crippen LogP contribution in [0.5, 0.6) is 23.0 Å². The summed E-state index contributed by atoms with van der Waals surface area (Å²) >= 11 is 0. The maximum Gasteiger partial charge on any atom is 0.256 e. The van der Waals surface area contributed by atoms with Crippen LogP contribution >= 0.6 is 0 Å². The van der Waals surface area contributed by atoms with Gasteiger partial charge in [-0.05, 0) is 36.2 Å². The molecule has 1 atom stereocenters. The number of anilines is 2. The molecule has 0 spiro atoms. The second-order valence-electron chi connectivity index (χ2n) is 8.70. The first-order valence-electron chi connectivity index (χ1n) is 11.6. The highest BCUT2D eigenvalue weighted by atomic mass is 16.7. The van der Waals surface area contributed by atoms with Gasteiger partial charge in [0, 0.05) is 35.9 Å². The molecule has 3 amide bonds. The highest BCUT2D eigenvalue weighted by molar-refractivity contribution is 6.12. The largest absolute Gasteiger partial charge is 0.454 e. The number of nitrogens with one attached hydrogen (secondary N) is 3. The average molecular weight is 504 g/mol. The van der Waals surface area contributed by atoms with Gasteiger partial charge in [-0.25, -0.2) is 0 Å². The van der Waals surface area contributed by atoms with E-state index in [1.54, 1.807) is 50.2 Å². The minimum atomic E-state index is -0.886. The van der Waals surface area contributed by atoms with Crippen LogP contribution in [0.2, 0.25) is 0 Å². The number of pyridine rings is 1. The Morgan fingerprint density at radius 3 is 1.97 bits per heavy atom. The minimum absolute atomic E-state index is 0.0299. The van der Waals surface area contributed by atoms with Gasteiger partial charge in [-0.3, -0.25) is 19.4 Å². The van der Waals surface area contributed by atoms with E-state index in [0.29, 0.717) is 34.4 Å². The summed E-state index contributed by atoms with van der Waals surface area (Å²) in [7, 11) is 0. The fourth-order valence-electron chi connectivity index (χ4n) is 3.89. The molecule has 190 valence electrons. The Morgan fingerprint density at radius 2 is 1.35 bits per heavy atom. The van der Waals surface area contributed by atoms with Crippen molar-refractivity contribution in [1.82, 2.24) is 10.3 Å². The molecule has 0 fully saturated rings. The second-order valence-corrected chi connectivity index (χ2v) is 8.70. The monoisotopic (exact) mass is 504 g/mol. The van der Waals surface area contributed by atoms with Gasteiger partial charge in [0.2, 0.25) is 19.5 Å². The molecule has 0 saturated heterocycles. The topological polar surface area (TPSA) is 137 Å². The normalized spacial score (nSPS) is 13.7. The maximum atomic E-state index is 13.2. The van der Waals surface area contributed by atoms with Gasteiger partial charge in [-0.15, -0.1) is 0 Å². The molecule has 0 radical (unpaired) electrons. The van der Waals surface area contributed by atoms with E-state index < -0.39 is 23.8 Å². The number of carbonyl (C=O) groups excluding carboxylic acids is 3. The minimum Gasteiger partial charge on any atom is -0.454 e. The molecule has 1 aromatic heterocycles. The van der Waals surface area contributed by atoms with Gasteiger partial charge in [-0.1, -0.05) is 13.8 Å². The van der Waals surface area contributed by atoms with Gasteiger partial charge in [0.15, 0.2) is 23.0 Å². The van der Waals surface area contributed by atoms with Gasteiger partial charge in [-0.2, -0.15) is 0 Å². The molecule has 3 heterocycles. The van der Waals surface area contributed by atoms with Crippen LogP contribution in [-0.4, -0.2) is 42.3 Å². The third-order valence-electron chi connectivity index (χ3n) is 5.82. The van der Waals surface area contributed by atoms with Gasteiger partial charge in [0.1, 0.15) is 6.04 Å². The maximum absolute atomic E-state index is 13.2. The van der Waals surface area contributed by atoms with E-state index >= 15 is 0 Å². The molecule has 0 aliphatic carbocycles. The molecule has 3 aromatic rings. The zero-order valence-corrected chi connectivity index (χ0v) is 20.1. The summed E-state index contributed by atoms with van der Waals surface area (Å²) in [6.45, 7) is 3.84. The van der Waals surface area contributed by atoms with Crippen molar-refractivity contribution in [2.75, 3.05) is 24.2 Å². The van der Waals surface area contributed by atoms with Crippen LogP contribution in [0, 0.1) is 5.92 Å². The highest BCUT2D eigenvalue weighted by Gasteiger charge is 2.27. The number of fused-ring (bicyclic) bond motifs is 2. The predicted molar refractivity (Wildman–Crippen MR) is 132 cm³/mol. The Balaban J connectivity index is 1.30. The zero-order valence-electron chi connectivity index (χ0n) is 20.1. The number of hydrogen-bond donors (Lipinski definition) is 3. The number of rotatable bonds is 7. The fraction of sp³-hybridized carbons (Fsp3) is 0.231. The van der Waals surface area contributed by atoms with Crippen LogP contribution < -0.4 is 34.9 Å². The van der Waals surface area contributed by atoms with Gasteiger partial charge >= 0.3 is 0 Å². The second kappa shape index (κ2) is 10.1.